The summed E-state index contributed by atoms with van der Waals surface area (Å²) in [6.45, 7) is 13.8. The number of nitrogens with zero attached hydrogens (tertiary/aromatic N) is 2. The van der Waals surface area contributed by atoms with Gasteiger partial charge < -0.3 is 19.6 Å². The summed E-state index contributed by atoms with van der Waals surface area (Å²) in [6.07, 6.45) is 3.22. The predicted molar refractivity (Wildman–Crippen MR) is 131 cm³/mol. The van der Waals surface area contributed by atoms with Gasteiger partial charge in [-0.25, -0.2) is 0 Å². The number of ether oxygens (including phenoxy) is 1. The molecule has 33 heavy (non-hydrogen) atoms. The SMILES string of the molecule is C=CCOc1ccc(/C(O)=C2\C(=O)C(=O)N(CC=C)C2c2ccc(N(CC)CC)cc2)cc1. The molecule has 172 valence electrons. The molecule has 3 rings (SSSR count). The van der Waals surface area contributed by atoms with E-state index in [9.17, 15) is 14.7 Å². The number of Topliss-reactive ketones (excluding diaryl/α,β-unsaturated/α-hetero) is 1. The Kier molecular flexibility index (Phi) is 7.72. The Labute approximate surface area is 195 Å². The molecule has 2 aromatic carbocycles. The van der Waals surface area contributed by atoms with E-state index >= 15 is 0 Å². The molecule has 1 heterocycles. The van der Waals surface area contributed by atoms with Crippen LogP contribution in [0.5, 0.6) is 5.75 Å². The second kappa shape index (κ2) is 10.7. The second-order valence-electron chi connectivity index (χ2n) is 7.63. The lowest BCUT2D eigenvalue weighted by Gasteiger charge is -2.26. The van der Waals surface area contributed by atoms with Crippen molar-refractivity contribution in [2.45, 2.75) is 19.9 Å². The fraction of sp³-hybridized carbons (Fsp3) is 0.259. The van der Waals surface area contributed by atoms with Gasteiger partial charge in [0, 0.05) is 30.9 Å². The van der Waals surface area contributed by atoms with E-state index in [1.165, 1.54) is 4.90 Å². The molecule has 0 bridgehead atoms. The number of aliphatic hydroxyl groups excluding tert-OH is 1. The van der Waals surface area contributed by atoms with E-state index in [1.807, 2.05) is 24.3 Å². The summed E-state index contributed by atoms with van der Waals surface area (Å²) in [5.74, 6) is -0.963. The van der Waals surface area contributed by atoms with Crippen molar-refractivity contribution < 1.29 is 19.4 Å². The van der Waals surface area contributed by atoms with Crippen molar-refractivity contribution >= 4 is 23.1 Å². The quantitative estimate of drug-likeness (QED) is 0.248. The molecule has 0 spiro atoms. The largest absolute Gasteiger partial charge is 0.507 e. The molecule has 6 nitrogen and oxygen atoms in total. The van der Waals surface area contributed by atoms with Gasteiger partial charge in [-0.05, 0) is 55.8 Å². The molecule has 0 aromatic heterocycles. The minimum Gasteiger partial charge on any atom is -0.507 e. The summed E-state index contributed by atoms with van der Waals surface area (Å²) in [4.78, 5) is 29.4. The molecule has 0 radical (unpaired) electrons. The van der Waals surface area contributed by atoms with Crippen LogP contribution >= 0.6 is 0 Å². The lowest BCUT2D eigenvalue weighted by atomic mass is 9.95. The predicted octanol–water partition coefficient (Wildman–Crippen LogP) is 4.71. The van der Waals surface area contributed by atoms with Gasteiger partial charge in [-0.15, -0.1) is 6.58 Å². The number of ketones is 1. The first kappa shape index (κ1) is 23.9. The van der Waals surface area contributed by atoms with E-state index < -0.39 is 17.7 Å². The fourth-order valence-corrected chi connectivity index (χ4v) is 4.03. The number of anilines is 1. The summed E-state index contributed by atoms with van der Waals surface area (Å²) in [7, 11) is 0. The topological polar surface area (TPSA) is 70.1 Å². The number of hydrogen-bond donors (Lipinski definition) is 1. The van der Waals surface area contributed by atoms with E-state index in [-0.39, 0.29) is 17.9 Å². The average molecular weight is 447 g/mol. The minimum atomic E-state index is -0.709. The number of carbonyl (C=O) groups excluding carboxylic acids is 2. The zero-order chi connectivity index (χ0) is 24.0. The normalized spacial score (nSPS) is 17.2. The first-order valence-corrected chi connectivity index (χ1v) is 11.0. The first-order valence-electron chi connectivity index (χ1n) is 11.0. The molecule has 1 N–H and O–H groups in total. The van der Waals surface area contributed by atoms with Crippen LogP contribution in [0.25, 0.3) is 5.76 Å². The van der Waals surface area contributed by atoms with E-state index in [0.29, 0.717) is 17.9 Å². The number of benzene rings is 2. The third-order valence-electron chi connectivity index (χ3n) is 5.70. The highest BCUT2D eigenvalue weighted by atomic mass is 16.5. The Morgan fingerprint density at radius 1 is 1.03 bits per heavy atom. The highest BCUT2D eigenvalue weighted by molar-refractivity contribution is 6.46. The molecule has 0 saturated carbocycles. The van der Waals surface area contributed by atoms with Crippen molar-refractivity contribution in [2.24, 2.45) is 0 Å². The first-order chi connectivity index (χ1) is 16.0. The molecule has 6 heteroatoms. The maximum absolute atomic E-state index is 13.0. The molecule has 1 fully saturated rings. The maximum atomic E-state index is 13.0. The van der Waals surface area contributed by atoms with Crippen molar-refractivity contribution in [3.63, 3.8) is 0 Å². The van der Waals surface area contributed by atoms with Gasteiger partial charge in [0.2, 0.25) is 0 Å². The number of amides is 1. The minimum absolute atomic E-state index is 0.0669. The van der Waals surface area contributed by atoms with Crippen LogP contribution in [0.3, 0.4) is 0 Å². The van der Waals surface area contributed by atoms with Gasteiger partial charge in [-0.1, -0.05) is 30.9 Å². The van der Waals surface area contributed by atoms with E-state index in [0.717, 1.165) is 24.3 Å². The zero-order valence-corrected chi connectivity index (χ0v) is 19.2. The Morgan fingerprint density at radius 3 is 2.21 bits per heavy atom. The van der Waals surface area contributed by atoms with Gasteiger partial charge >= 0.3 is 0 Å². The Hall–Kier alpha value is -3.80. The Morgan fingerprint density at radius 2 is 1.67 bits per heavy atom. The maximum Gasteiger partial charge on any atom is 0.295 e. The molecule has 2 aromatic rings. The van der Waals surface area contributed by atoms with Gasteiger partial charge in [0.15, 0.2) is 0 Å². The van der Waals surface area contributed by atoms with Crippen LogP contribution < -0.4 is 9.64 Å². The standard InChI is InChI=1S/C27H30N2O4/c1-5-17-29-24(19-9-13-21(14-10-19)28(7-3)8-4)23(26(31)27(29)32)25(30)20-11-15-22(16-12-20)33-18-6-2/h5-6,9-16,24,30H,1-2,7-8,17-18H2,3-4H3/b25-23+. The molecule has 1 unspecified atom stereocenters. The third-order valence-corrected chi connectivity index (χ3v) is 5.70. The monoisotopic (exact) mass is 446 g/mol. The van der Waals surface area contributed by atoms with Crippen LogP contribution in [0.15, 0.2) is 79.4 Å². The molecular formula is C27H30N2O4. The molecule has 1 saturated heterocycles. The summed E-state index contributed by atoms with van der Waals surface area (Å²) in [5.41, 5.74) is 2.30. The lowest BCUT2D eigenvalue weighted by molar-refractivity contribution is -0.139. The Bertz CT molecular complexity index is 1050. The van der Waals surface area contributed by atoms with Gasteiger partial charge in [0.25, 0.3) is 11.7 Å². The van der Waals surface area contributed by atoms with Crippen LogP contribution in [0, 0.1) is 0 Å². The van der Waals surface area contributed by atoms with Crippen LogP contribution in [-0.4, -0.2) is 47.9 Å². The van der Waals surface area contributed by atoms with Crippen molar-refractivity contribution in [3.8, 4) is 5.75 Å². The van der Waals surface area contributed by atoms with Gasteiger partial charge in [-0.2, -0.15) is 0 Å². The van der Waals surface area contributed by atoms with Gasteiger partial charge in [0.1, 0.15) is 18.1 Å². The number of hydrogen-bond acceptors (Lipinski definition) is 5. The summed E-state index contributed by atoms with van der Waals surface area (Å²) in [6, 6.07) is 13.8. The summed E-state index contributed by atoms with van der Waals surface area (Å²) < 4.78 is 5.48. The highest BCUT2D eigenvalue weighted by Crippen LogP contribution is 2.40. The zero-order valence-electron chi connectivity index (χ0n) is 19.2. The molecule has 1 aliphatic heterocycles. The Balaban J connectivity index is 2.05. The highest BCUT2D eigenvalue weighted by Gasteiger charge is 2.45. The van der Waals surface area contributed by atoms with Crippen LogP contribution in [-0.2, 0) is 9.59 Å². The number of carbonyl (C=O) groups is 2. The smallest absolute Gasteiger partial charge is 0.295 e. The van der Waals surface area contributed by atoms with E-state index in [2.05, 4.69) is 31.9 Å². The summed E-state index contributed by atoms with van der Waals surface area (Å²) in [5, 5.41) is 11.1. The average Bonchev–Trinajstić information content (AvgIpc) is 3.09. The fourth-order valence-electron chi connectivity index (χ4n) is 4.03. The van der Waals surface area contributed by atoms with Crippen molar-refractivity contribution in [2.75, 3.05) is 31.1 Å². The van der Waals surface area contributed by atoms with E-state index in [4.69, 9.17) is 4.74 Å². The van der Waals surface area contributed by atoms with Crippen molar-refractivity contribution in [3.05, 3.63) is 90.5 Å². The lowest BCUT2D eigenvalue weighted by Crippen LogP contribution is -2.29. The molecular weight excluding hydrogens is 416 g/mol. The van der Waals surface area contributed by atoms with Crippen LogP contribution in [0.4, 0.5) is 5.69 Å². The summed E-state index contributed by atoms with van der Waals surface area (Å²) >= 11 is 0. The van der Waals surface area contributed by atoms with Crippen LogP contribution in [0.2, 0.25) is 0 Å². The number of aliphatic hydroxyl groups is 1. The third kappa shape index (κ3) is 4.85. The second-order valence-corrected chi connectivity index (χ2v) is 7.63. The molecule has 0 aliphatic carbocycles. The van der Waals surface area contributed by atoms with Crippen LogP contribution in [0.1, 0.15) is 31.0 Å². The molecule has 1 atom stereocenters. The van der Waals surface area contributed by atoms with Crippen molar-refractivity contribution in [1.29, 1.82) is 0 Å². The van der Waals surface area contributed by atoms with Crippen molar-refractivity contribution in [1.82, 2.24) is 4.90 Å². The van der Waals surface area contributed by atoms with E-state index in [1.54, 1.807) is 36.4 Å². The number of rotatable bonds is 10. The van der Waals surface area contributed by atoms with Gasteiger partial charge in [0.05, 0.1) is 11.6 Å². The number of likely N-dealkylation sites (tertiary alicyclic amines) is 1. The van der Waals surface area contributed by atoms with Gasteiger partial charge in [-0.3, -0.25) is 9.59 Å². The molecule has 1 aliphatic rings. The molecule has 1 amide bonds.